The fraction of sp³-hybridized carbons (Fsp3) is 0.714. The fourth-order valence-corrected chi connectivity index (χ4v) is 0.824. The van der Waals surface area contributed by atoms with Gasteiger partial charge in [0.2, 0.25) is 0 Å². The summed E-state index contributed by atoms with van der Waals surface area (Å²) in [5.74, 6) is -2.52. The van der Waals surface area contributed by atoms with Crippen LogP contribution in [-0.4, -0.2) is 47.7 Å². The summed E-state index contributed by atoms with van der Waals surface area (Å²) in [5.41, 5.74) is 0. The Labute approximate surface area is 142 Å². The van der Waals surface area contributed by atoms with Crippen LogP contribution < -0.4 is 10.2 Å². The summed E-state index contributed by atoms with van der Waals surface area (Å²) in [4.78, 5) is 39.6. The molecule has 0 aromatic rings. The first-order chi connectivity index (χ1) is 9.70. The average Bonchev–Trinajstić information content (AvgIpc) is 2.29. The Bertz CT molecular complexity index is 300. The topological polar surface area (TPSA) is 124 Å². The van der Waals surface area contributed by atoms with E-state index in [4.69, 9.17) is 0 Å². The molecule has 7 nitrogen and oxygen atoms in total. The zero-order chi connectivity index (χ0) is 17.3. The molecule has 8 heteroatoms. The Morgan fingerprint density at radius 1 is 0.864 bits per heavy atom. The number of Topliss-reactive ketones (excluding diaryl/α,β-unsaturated/α-hetero) is 1. The number of ether oxygens (including phenoxy) is 1. The van der Waals surface area contributed by atoms with Crippen LogP contribution in [0.1, 0.15) is 59.8 Å². The van der Waals surface area contributed by atoms with Gasteiger partial charge in [-0.2, -0.15) is 0 Å². The Balaban J connectivity index is -0.000000112. The molecule has 0 aliphatic heterocycles. The van der Waals surface area contributed by atoms with E-state index in [2.05, 4.69) is 4.74 Å². The van der Waals surface area contributed by atoms with Crippen LogP contribution in [0.25, 0.3) is 0 Å². The van der Waals surface area contributed by atoms with Crippen molar-refractivity contribution in [3.63, 3.8) is 0 Å². The van der Waals surface area contributed by atoms with Crippen molar-refractivity contribution < 1.29 is 34.1 Å². The van der Waals surface area contributed by atoms with E-state index < -0.39 is 17.9 Å². The zero-order valence-corrected chi connectivity index (χ0v) is 14.8. The predicted octanol–water partition coefficient (Wildman–Crippen LogP) is -0.779. The molecule has 0 rings (SSSR count). The number of carboxylic acids is 2. The smallest absolute Gasteiger partial charge is 0.550 e. The van der Waals surface area contributed by atoms with Gasteiger partial charge in [0.05, 0.1) is 6.61 Å². The van der Waals surface area contributed by atoms with E-state index in [0.29, 0.717) is 19.4 Å². The van der Waals surface area contributed by atoms with Crippen LogP contribution in [0.15, 0.2) is 0 Å². The number of carbonyl (C=O) groups excluding carboxylic acids is 4. The van der Waals surface area contributed by atoms with Crippen molar-refractivity contribution in [2.75, 3.05) is 6.61 Å². The largest absolute Gasteiger partial charge is 2.00 e. The average molecular weight is 331 g/mol. The quantitative estimate of drug-likeness (QED) is 0.340. The molecule has 0 saturated heterocycles. The molecule has 1 radical (unpaired) electrons. The van der Waals surface area contributed by atoms with E-state index >= 15 is 0 Å². The van der Waals surface area contributed by atoms with Gasteiger partial charge >= 0.3 is 23.3 Å². The van der Waals surface area contributed by atoms with Gasteiger partial charge in [0.1, 0.15) is 12.2 Å². The summed E-state index contributed by atoms with van der Waals surface area (Å²) in [7, 11) is 0. The van der Waals surface area contributed by atoms with Gasteiger partial charge in [0, 0.05) is 11.9 Å². The molecule has 0 fully saturated rings. The van der Waals surface area contributed by atoms with Crippen LogP contribution in [0.2, 0.25) is 0 Å². The molecule has 0 aromatic heterocycles. The van der Waals surface area contributed by atoms with E-state index in [0.717, 1.165) is 0 Å². The van der Waals surface area contributed by atoms with E-state index in [9.17, 15) is 29.4 Å². The van der Waals surface area contributed by atoms with Gasteiger partial charge in [-0.05, 0) is 26.7 Å². The molecule has 0 heterocycles. The van der Waals surface area contributed by atoms with Crippen LogP contribution in [0.5, 0.6) is 0 Å². The number of hydrogen-bond donors (Lipinski definition) is 0. The summed E-state index contributed by atoms with van der Waals surface area (Å²) in [5, 5.41) is 19.0. The molecule has 0 aromatic carbocycles. The predicted molar refractivity (Wildman–Crippen MR) is 77.5 cm³/mol. The van der Waals surface area contributed by atoms with Crippen LogP contribution in [-0.2, 0) is 23.9 Å². The summed E-state index contributed by atoms with van der Waals surface area (Å²) in [6, 6.07) is 0. The number of ketones is 1. The minimum atomic E-state index is -0.961. The van der Waals surface area contributed by atoms with Crippen LogP contribution in [0.4, 0.5) is 0 Å². The molecule has 0 aliphatic carbocycles. The van der Waals surface area contributed by atoms with E-state index in [1.807, 2.05) is 0 Å². The summed E-state index contributed by atoms with van der Waals surface area (Å²) in [6.07, 6.45) is 1.60. The summed E-state index contributed by atoms with van der Waals surface area (Å²) >= 11 is 0. The number of esters is 1. The molecule has 0 unspecified atom stereocenters. The van der Waals surface area contributed by atoms with Gasteiger partial charge in [-0.25, -0.2) is 0 Å². The van der Waals surface area contributed by atoms with Crippen LogP contribution in [0, 0.1) is 0 Å². The van der Waals surface area contributed by atoms with E-state index in [1.165, 1.54) is 6.92 Å². The van der Waals surface area contributed by atoms with Crippen molar-refractivity contribution in [3.8, 4) is 0 Å². The van der Waals surface area contributed by atoms with Gasteiger partial charge in [-0.15, -0.1) is 0 Å². The van der Waals surface area contributed by atoms with Crippen molar-refractivity contribution in [1.82, 2.24) is 0 Å². The van der Waals surface area contributed by atoms with Crippen molar-refractivity contribution in [3.05, 3.63) is 0 Å². The Kier molecular flexibility index (Phi) is 28.6. The maximum atomic E-state index is 10.4. The van der Waals surface area contributed by atoms with Crippen molar-refractivity contribution in [2.24, 2.45) is 0 Å². The van der Waals surface area contributed by atoms with Gasteiger partial charge in [-0.3, -0.25) is 9.59 Å². The molecule has 0 aliphatic rings. The molecular formula is C14H24AlO7. The summed E-state index contributed by atoms with van der Waals surface area (Å²) in [6.45, 7) is 7.01. The van der Waals surface area contributed by atoms with E-state index in [1.54, 1.807) is 20.8 Å². The third kappa shape index (κ3) is 42.8. The minimum absolute atomic E-state index is 0. The first kappa shape index (κ1) is 28.7. The maximum Gasteiger partial charge on any atom is 2.00 e. The van der Waals surface area contributed by atoms with Crippen molar-refractivity contribution >= 4 is 41.1 Å². The van der Waals surface area contributed by atoms with Gasteiger partial charge in [0.15, 0.2) is 0 Å². The van der Waals surface area contributed by atoms with Gasteiger partial charge < -0.3 is 24.5 Å². The third-order valence-electron chi connectivity index (χ3n) is 1.61. The molecule has 0 saturated carbocycles. The fourth-order valence-electron chi connectivity index (χ4n) is 0.824. The number of hydrogen-bond acceptors (Lipinski definition) is 7. The molecule has 22 heavy (non-hydrogen) atoms. The normalized spacial score (nSPS) is 8.00. The second-order valence-corrected chi connectivity index (χ2v) is 3.93. The molecule has 0 atom stereocenters. The molecule has 0 spiro atoms. The summed E-state index contributed by atoms with van der Waals surface area (Å²) < 4.78 is 4.49. The Hall–Kier alpha value is -1.39. The SMILES string of the molecule is CCCC(=O)[O-].CCCC(=O)[O-].CCOC(=O)CC(C)=O.[Al+2]. The first-order valence-electron chi connectivity index (χ1n) is 6.75. The first-order valence-corrected chi connectivity index (χ1v) is 6.75. The molecule has 0 N–H and O–H groups in total. The Morgan fingerprint density at radius 3 is 1.36 bits per heavy atom. The molecular weight excluding hydrogens is 307 g/mol. The van der Waals surface area contributed by atoms with Crippen LogP contribution in [0.3, 0.4) is 0 Å². The maximum absolute atomic E-state index is 10.4. The standard InChI is InChI=1S/C6H10O3.2C4H8O2.Al/c1-3-9-6(8)4-5(2)7;2*1-2-3-4(5)6;/h3-4H2,1-2H3;2*2-3H2,1H3,(H,5,6);/q;;;+2/p-2. The number of rotatable bonds is 7. The zero-order valence-electron chi connectivity index (χ0n) is 13.7. The van der Waals surface area contributed by atoms with Gasteiger partial charge in [-0.1, -0.05) is 26.7 Å². The number of carboxylic acid groups (broad SMARTS) is 2. The second kappa shape index (κ2) is 21.9. The second-order valence-electron chi connectivity index (χ2n) is 3.93. The van der Waals surface area contributed by atoms with E-state index in [-0.39, 0.29) is 42.4 Å². The Morgan fingerprint density at radius 2 is 1.23 bits per heavy atom. The third-order valence-corrected chi connectivity index (χ3v) is 1.61. The van der Waals surface area contributed by atoms with Gasteiger partial charge in [0.25, 0.3) is 0 Å². The van der Waals surface area contributed by atoms with Crippen molar-refractivity contribution in [1.29, 1.82) is 0 Å². The van der Waals surface area contributed by atoms with Crippen molar-refractivity contribution in [2.45, 2.75) is 59.8 Å². The molecule has 0 amide bonds. The molecule has 0 bridgehead atoms. The molecule has 125 valence electrons. The minimum Gasteiger partial charge on any atom is -0.550 e. The number of aliphatic carboxylic acids is 2. The number of carbonyl (C=O) groups is 4. The monoisotopic (exact) mass is 331 g/mol. The van der Waals surface area contributed by atoms with Crippen LogP contribution >= 0.6 is 0 Å².